The van der Waals surface area contributed by atoms with Gasteiger partial charge in [0.25, 0.3) is 0 Å². The smallest absolute Gasteiger partial charge is 0.337 e. The maximum atomic E-state index is 13.2. The zero-order valence-electron chi connectivity index (χ0n) is 11.1. The highest BCUT2D eigenvalue weighted by molar-refractivity contribution is 5.90. The van der Waals surface area contributed by atoms with E-state index in [0.717, 1.165) is 5.56 Å². The summed E-state index contributed by atoms with van der Waals surface area (Å²) < 4.78 is 23.4. The monoisotopic (exact) mass is 275 g/mol. The Morgan fingerprint density at radius 3 is 2.55 bits per heavy atom. The number of ether oxygens (including phenoxy) is 2. The van der Waals surface area contributed by atoms with Crippen LogP contribution in [0.5, 0.6) is 11.5 Å². The number of methoxy groups -OCH3 is 1. The first-order valence-electron chi connectivity index (χ1n) is 5.93. The molecule has 0 unspecified atom stereocenters. The van der Waals surface area contributed by atoms with Gasteiger partial charge < -0.3 is 15.2 Å². The minimum atomic E-state index is -0.481. The lowest BCUT2D eigenvalue weighted by Gasteiger charge is -2.11. The second kappa shape index (κ2) is 5.61. The lowest BCUT2D eigenvalue weighted by Crippen LogP contribution is -2.03. The van der Waals surface area contributed by atoms with Gasteiger partial charge in [0.2, 0.25) is 0 Å². The van der Waals surface area contributed by atoms with E-state index in [-0.39, 0.29) is 5.69 Å². The molecule has 0 heterocycles. The highest BCUT2D eigenvalue weighted by Crippen LogP contribution is 2.30. The van der Waals surface area contributed by atoms with E-state index in [1.807, 2.05) is 0 Å². The maximum absolute atomic E-state index is 13.2. The molecule has 0 saturated heterocycles. The number of nitrogen functional groups attached to an aromatic ring is 1. The molecule has 0 fully saturated rings. The van der Waals surface area contributed by atoms with Gasteiger partial charge in [-0.3, -0.25) is 0 Å². The number of hydrogen-bond acceptors (Lipinski definition) is 4. The maximum Gasteiger partial charge on any atom is 0.337 e. The first-order valence-corrected chi connectivity index (χ1v) is 5.93. The summed E-state index contributed by atoms with van der Waals surface area (Å²) in [5.41, 5.74) is 7.21. The van der Waals surface area contributed by atoms with Gasteiger partial charge in [-0.1, -0.05) is 6.07 Å². The largest absolute Gasteiger partial charge is 0.465 e. The van der Waals surface area contributed by atoms with Crippen molar-refractivity contribution in [3.05, 3.63) is 53.3 Å². The molecule has 0 aliphatic heterocycles. The molecule has 0 aliphatic rings. The van der Waals surface area contributed by atoms with Crippen molar-refractivity contribution in [2.75, 3.05) is 12.8 Å². The van der Waals surface area contributed by atoms with E-state index in [2.05, 4.69) is 4.74 Å². The van der Waals surface area contributed by atoms with Crippen LogP contribution in [0.2, 0.25) is 0 Å². The Kier molecular flexibility index (Phi) is 3.89. The minimum absolute atomic E-state index is 0.275. The number of carbonyl (C=O) groups is 1. The molecule has 2 aromatic rings. The van der Waals surface area contributed by atoms with E-state index in [0.29, 0.717) is 17.1 Å². The van der Waals surface area contributed by atoms with E-state index in [1.54, 1.807) is 19.1 Å². The third-order valence-corrected chi connectivity index (χ3v) is 2.80. The molecular formula is C15H14FNO3. The molecule has 4 nitrogen and oxygen atoms in total. The molecule has 2 N–H and O–H groups in total. The van der Waals surface area contributed by atoms with Crippen LogP contribution in [0.1, 0.15) is 15.9 Å². The van der Waals surface area contributed by atoms with Crippen LogP contribution in [0, 0.1) is 12.7 Å². The Morgan fingerprint density at radius 2 is 1.90 bits per heavy atom. The number of carbonyl (C=O) groups excluding carboxylic acids is 1. The van der Waals surface area contributed by atoms with E-state index in [9.17, 15) is 9.18 Å². The van der Waals surface area contributed by atoms with Crippen molar-refractivity contribution < 1.29 is 18.7 Å². The van der Waals surface area contributed by atoms with Gasteiger partial charge in [0.1, 0.15) is 17.3 Å². The van der Waals surface area contributed by atoms with Gasteiger partial charge in [-0.25, -0.2) is 9.18 Å². The fourth-order valence-electron chi connectivity index (χ4n) is 1.69. The van der Waals surface area contributed by atoms with E-state index < -0.39 is 11.8 Å². The molecule has 0 radical (unpaired) electrons. The van der Waals surface area contributed by atoms with Crippen LogP contribution in [-0.4, -0.2) is 13.1 Å². The number of rotatable bonds is 3. The third-order valence-electron chi connectivity index (χ3n) is 2.80. The first-order chi connectivity index (χ1) is 9.51. The Bertz CT molecular complexity index is 656. The molecule has 0 amide bonds. The van der Waals surface area contributed by atoms with E-state index in [1.165, 1.54) is 31.4 Å². The fraction of sp³-hybridized carbons (Fsp3) is 0.133. The van der Waals surface area contributed by atoms with Crippen LogP contribution in [0.25, 0.3) is 0 Å². The van der Waals surface area contributed by atoms with Crippen molar-refractivity contribution >= 4 is 11.7 Å². The average molecular weight is 275 g/mol. The quantitative estimate of drug-likeness (QED) is 0.689. The highest BCUT2D eigenvalue weighted by Gasteiger charge is 2.10. The number of esters is 1. The van der Waals surface area contributed by atoms with Crippen LogP contribution >= 0.6 is 0 Å². The van der Waals surface area contributed by atoms with Gasteiger partial charge in [-0.15, -0.1) is 0 Å². The number of hydrogen-bond donors (Lipinski definition) is 1. The Balaban J connectivity index is 2.30. The normalized spacial score (nSPS) is 10.2. The fourth-order valence-corrected chi connectivity index (χ4v) is 1.69. The van der Waals surface area contributed by atoms with Crippen molar-refractivity contribution in [1.29, 1.82) is 0 Å². The molecule has 5 heteroatoms. The molecule has 0 atom stereocenters. The van der Waals surface area contributed by atoms with Crippen LogP contribution in [0.4, 0.5) is 10.1 Å². The molecule has 0 bridgehead atoms. The highest BCUT2D eigenvalue weighted by atomic mass is 19.1. The number of nitrogens with two attached hydrogens (primary N) is 1. The Labute approximate surface area is 115 Å². The molecule has 2 aromatic carbocycles. The lowest BCUT2D eigenvalue weighted by atomic mass is 10.2. The molecule has 0 aromatic heterocycles. The van der Waals surface area contributed by atoms with Crippen molar-refractivity contribution in [3.8, 4) is 11.5 Å². The molecule has 2 rings (SSSR count). The summed E-state index contributed by atoms with van der Waals surface area (Å²) in [6.45, 7) is 1.80. The summed E-state index contributed by atoms with van der Waals surface area (Å²) in [4.78, 5) is 11.4. The van der Waals surface area contributed by atoms with Gasteiger partial charge in [-0.05, 0) is 36.8 Å². The predicted octanol–water partition coefficient (Wildman–Crippen LogP) is 3.30. The number of halogens is 1. The van der Waals surface area contributed by atoms with E-state index >= 15 is 0 Å². The molecule has 0 spiro atoms. The molecule has 20 heavy (non-hydrogen) atoms. The number of anilines is 1. The molecule has 0 aliphatic carbocycles. The van der Waals surface area contributed by atoms with Gasteiger partial charge in [0.15, 0.2) is 0 Å². The molecule has 0 saturated carbocycles. The van der Waals surface area contributed by atoms with Crippen LogP contribution < -0.4 is 10.5 Å². The SMILES string of the molecule is COC(=O)c1ccc(Oc2cc(F)ccc2C)c(N)c1. The topological polar surface area (TPSA) is 61.5 Å². The van der Waals surface area contributed by atoms with Gasteiger partial charge in [0.05, 0.1) is 18.4 Å². The van der Waals surface area contributed by atoms with E-state index in [4.69, 9.17) is 10.5 Å². The molecular weight excluding hydrogens is 261 g/mol. The van der Waals surface area contributed by atoms with Crippen molar-refractivity contribution in [2.24, 2.45) is 0 Å². The zero-order valence-corrected chi connectivity index (χ0v) is 11.1. The average Bonchev–Trinajstić information content (AvgIpc) is 2.44. The summed E-state index contributed by atoms with van der Waals surface area (Å²) in [6.07, 6.45) is 0. The summed E-state index contributed by atoms with van der Waals surface area (Å²) in [5, 5.41) is 0. The Morgan fingerprint density at radius 1 is 1.15 bits per heavy atom. The summed E-state index contributed by atoms with van der Waals surface area (Å²) >= 11 is 0. The number of benzene rings is 2. The van der Waals surface area contributed by atoms with Gasteiger partial charge in [-0.2, -0.15) is 0 Å². The van der Waals surface area contributed by atoms with Gasteiger partial charge in [0, 0.05) is 6.07 Å². The summed E-state index contributed by atoms with van der Waals surface area (Å²) in [5.74, 6) is -0.144. The zero-order chi connectivity index (χ0) is 14.7. The predicted molar refractivity (Wildman–Crippen MR) is 73.4 cm³/mol. The number of aryl methyl sites for hydroxylation is 1. The van der Waals surface area contributed by atoms with Crippen molar-refractivity contribution in [1.82, 2.24) is 0 Å². The van der Waals surface area contributed by atoms with Crippen LogP contribution in [0.15, 0.2) is 36.4 Å². The Hall–Kier alpha value is -2.56. The summed E-state index contributed by atoms with van der Waals surface area (Å²) in [7, 11) is 1.29. The molecule has 104 valence electrons. The second-order valence-corrected chi connectivity index (χ2v) is 4.26. The van der Waals surface area contributed by atoms with Gasteiger partial charge >= 0.3 is 5.97 Å². The van der Waals surface area contributed by atoms with Crippen molar-refractivity contribution in [2.45, 2.75) is 6.92 Å². The lowest BCUT2D eigenvalue weighted by molar-refractivity contribution is 0.0601. The standard InChI is InChI=1S/C15H14FNO3/c1-9-3-5-11(16)8-14(9)20-13-6-4-10(7-12(13)17)15(18)19-2/h3-8H,17H2,1-2H3. The second-order valence-electron chi connectivity index (χ2n) is 4.26. The van der Waals surface area contributed by atoms with Crippen molar-refractivity contribution in [3.63, 3.8) is 0 Å². The third kappa shape index (κ3) is 2.88. The first kappa shape index (κ1) is 13.9. The summed E-state index contributed by atoms with van der Waals surface area (Å²) in [6, 6.07) is 8.78. The van der Waals surface area contributed by atoms with Crippen LogP contribution in [0.3, 0.4) is 0 Å². The van der Waals surface area contributed by atoms with Crippen LogP contribution in [-0.2, 0) is 4.74 Å². The minimum Gasteiger partial charge on any atom is -0.465 e.